The SMILES string of the molecule is O=c1[nH]c2c(F)cccc2n1C1CCCOC1. The van der Waals surface area contributed by atoms with Gasteiger partial charge in [-0.2, -0.15) is 0 Å². The third-order valence-electron chi connectivity index (χ3n) is 3.20. The van der Waals surface area contributed by atoms with E-state index >= 15 is 0 Å². The van der Waals surface area contributed by atoms with Gasteiger partial charge in [0.1, 0.15) is 11.3 Å². The van der Waals surface area contributed by atoms with Crippen LogP contribution in [0.15, 0.2) is 23.0 Å². The van der Waals surface area contributed by atoms with Gasteiger partial charge < -0.3 is 9.72 Å². The second kappa shape index (κ2) is 4.00. The number of para-hydroxylation sites is 1. The summed E-state index contributed by atoms with van der Waals surface area (Å²) < 4.78 is 20.5. The lowest BCUT2D eigenvalue weighted by Gasteiger charge is -2.23. The van der Waals surface area contributed by atoms with Crippen LogP contribution in [-0.4, -0.2) is 22.8 Å². The number of imidazole rings is 1. The highest BCUT2D eigenvalue weighted by Gasteiger charge is 2.21. The first-order chi connectivity index (χ1) is 8.27. The Balaban J connectivity index is 2.18. The lowest BCUT2D eigenvalue weighted by atomic mass is 10.1. The standard InChI is InChI=1S/C12H13FN2O2/c13-9-4-1-5-10-11(9)14-12(16)15(10)8-3-2-6-17-7-8/h1,4-5,8H,2-3,6-7H2,(H,14,16). The van der Waals surface area contributed by atoms with E-state index in [0.717, 1.165) is 19.4 Å². The summed E-state index contributed by atoms with van der Waals surface area (Å²) in [6.07, 6.45) is 1.82. The Morgan fingerprint density at radius 2 is 2.35 bits per heavy atom. The molecule has 0 amide bonds. The molecular formula is C12H13FN2O2. The molecule has 1 atom stereocenters. The van der Waals surface area contributed by atoms with Crippen molar-refractivity contribution in [2.24, 2.45) is 0 Å². The van der Waals surface area contributed by atoms with Crippen molar-refractivity contribution < 1.29 is 9.13 Å². The fourth-order valence-corrected chi connectivity index (χ4v) is 2.40. The molecule has 1 aliphatic rings. The Bertz CT molecular complexity index is 596. The van der Waals surface area contributed by atoms with Gasteiger partial charge in [0.15, 0.2) is 0 Å². The average Bonchev–Trinajstić information content (AvgIpc) is 2.68. The van der Waals surface area contributed by atoms with E-state index in [2.05, 4.69) is 4.98 Å². The van der Waals surface area contributed by atoms with Gasteiger partial charge in [0.2, 0.25) is 0 Å². The van der Waals surface area contributed by atoms with Crippen LogP contribution in [0.5, 0.6) is 0 Å². The molecule has 1 saturated heterocycles. The molecule has 1 aliphatic heterocycles. The minimum absolute atomic E-state index is 0.00630. The molecule has 3 rings (SSSR count). The van der Waals surface area contributed by atoms with Gasteiger partial charge in [-0.25, -0.2) is 9.18 Å². The van der Waals surface area contributed by atoms with Crippen molar-refractivity contribution in [3.05, 3.63) is 34.5 Å². The van der Waals surface area contributed by atoms with Gasteiger partial charge in [0.25, 0.3) is 0 Å². The molecule has 0 bridgehead atoms. The Morgan fingerprint density at radius 1 is 1.47 bits per heavy atom. The van der Waals surface area contributed by atoms with Crippen molar-refractivity contribution in [1.29, 1.82) is 0 Å². The molecule has 17 heavy (non-hydrogen) atoms. The summed E-state index contributed by atoms with van der Waals surface area (Å²) in [6, 6.07) is 4.72. The van der Waals surface area contributed by atoms with Crippen molar-refractivity contribution in [3.8, 4) is 0 Å². The zero-order chi connectivity index (χ0) is 11.8. The molecule has 1 N–H and O–H groups in total. The zero-order valence-electron chi connectivity index (χ0n) is 9.28. The van der Waals surface area contributed by atoms with Gasteiger partial charge in [-0.3, -0.25) is 4.57 Å². The van der Waals surface area contributed by atoms with Crippen LogP contribution in [0, 0.1) is 5.82 Å². The Morgan fingerprint density at radius 3 is 3.12 bits per heavy atom. The summed E-state index contributed by atoms with van der Waals surface area (Å²) in [5.74, 6) is -0.393. The molecule has 0 aliphatic carbocycles. The molecular weight excluding hydrogens is 223 g/mol. The van der Waals surface area contributed by atoms with Crippen LogP contribution in [0.25, 0.3) is 11.0 Å². The van der Waals surface area contributed by atoms with E-state index in [1.54, 1.807) is 16.7 Å². The third-order valence-corrected chi connectivity index (χ3v) is 3.20. The van der Waals surface area contributed by atoms with E-state index < -0.39 is 5.82 Å². The lowest BCUT2D eigenvalue weighted by molar-refractivity contribution is 0.0595. The number of nitrogens with one attached hydrogen (secondary N) is 1. The summed E-state index contributed by atoms with van der Waals surface area (Å²) in [6.45, 7) is 1.26. The molecule has 0 spiro atoms. The predicted octanol–water partition coefficient (Wildman–Crippen LogP) is 1.82. The minimum atomic E-state index is -0.393. The first-order valence-corrected chi connectivity index (χ1v) is 5.74. The van der Waals surface area contributed by atoms with Gasteiger partial charge in [0.05, 0.1) is 18.2 Å². The highest BCUT2D eigenvalue weighted by molar-refractivity contribution is 5.75. The summed E-state index contributed by atoms with van der Waals surface area (Å²) in [5.41, 5.74) is 0.633. The maximum atomic E-state index is 13.5. The maximum absolute atomic E-state index is 13.5. The molecule has 1 unspecified atom stereocenters. The summed E-state index contributed by atoms with van der Waals surface area (Å²) in [5, 5.41) is 0. The average molecular weight is 236 g/mol. The third kappa shape index (κ3) is 1.67. The molecule has 1 fully saturated rings. The van der Waals surface area contributed by atoms with Crippen LogP contribution < -0.4 is 5.69 Å². The highest BCUT2D eigenvalue weighted by Crippen LogP contribution is 2.23. The number of aromatic amines is 1. The fraction of sp³-hybridized carbons (Fsp3) is 0.417. The van der Waals surface area contributed by atoms with Crippen LogP contribution in [0.2, 0.25) is 0 Å². The quantitative estimate of drug-likeness (QED) is 0.821. The van der Waals surface area contributed by atoms with E-state index in [0.29, 0.717) is 12.1 Å². The van der Waals surface area contributed by atoms with E-state index in [1.807, 2.05) is 0 Å². The van der Waals surface area contributed by atoms with Gasteiger partial charge >= 0.3 is 5.69 Å². The van der Waals surface area contributed by atoms with E-state index in [9.17, 15) is 9.18 Å². The first-order valence-electron chi connectivity index (χ1n) is 5.74. The topological polar surface area (TPSA) is 47.0 Å². The molecule has 1 aromatic carbocycles. The second-order valence-corrected chi connectivity index (χ2v) is 4.31. The van der Waals surface area contributed by atoms with Crippen LogP contribution in [0.3, 0.4) is 0 Å². The number of aromatic nitrogens is 2. The van der Waals surface area contributed by atoms with Gasteiger partial charge in [0, 0.05) is 6.61 Å². The van der Waals surface area contributed by atoms with Crippen molar-refractivity contribution in [1.82, 2.24) is 9.55 Å². The maximum Gasteiger partial charge on any atom is 0.326 e. The number of rotatable bonds is 1. The largest absolute Gasteiger partial charge is 0.379 e. The fourth-order valence-electron chi connectivity index (χ4n) is 2.40. The van der Waals surface area contributed by atoms with Crippen LogP contribution in [0.1, 0.15) is 18.9 Å². The van der Waals surface area contributed by atoms with E-state index in [-0.39, 0.29) is 17.2 Å². The van der Waals surface area contributed by atoms with Crippen molar-refractivity contribution in [2.45, 2.75) is 18.9 Å². The first kappa shape index (κ1) is 10.5. The van der Waals surface area contributed by atoms with Gasteiger partial charge in [-0.1, -0.05) is 6.07 Å². The highest BCUT2D eigenvalue weighted by atomic mass is 19.1. The number of hydrogen-bond acceptors (Lipinski definition) is 2. The number of fused-ring (bicyclic) bond motifs is 1. The zero-order valence-corrected chi connectivity index (χ0v) is 9.28. The van der Waals surface area contributed by atoms with E-state index in [1.165, 1.54) is 6.07 Å². The molecule has 2 aromatic rings. The minimum Gasteiger partial charge on any atom is -0.379 e. The van der Waals surface area contributed by atoms with Crippen LogP contribution in [-0.2, 0) is 4.74 Å². The second-order valence-electron chi connectivity index (χ2n) is 4.31. The molecule has 1 aromatic heterocycles. The lowest BCUT2D eigenvalue weighted by Crippen LogP contribution is -2.28. The van der Waals surface area contributed by atoms with Crippen molar-refractivity contribution >= 4 is 11.0 Å². The number of nitrogens with zero attached hydrogens (tertiary/aromatic N) is 1. The molecule has 2 heterocycles. The molecule has 0 saturated carbocycles. The van der Waals surface area contributed by atoms with E-state index in [4.69, 9.17) is 4.74 Å². The smallest absolute Gasteiger partial charge is 0.326 e. The van der Waals surface area contributed by atoms with Crippen LogP contribution >= 0.6 is 0 Å². The van der Waals surface area contributed by atoms with Crippen LogP contribution in [0.4, 0.5) is 4.39 Å². The number of hydrogen-bond donors (Lipinski definition) is 1. The number of halogens is 1. The predicted molar refractivity (Wildman–Crippen MR) is 61.6 cm³/mol. The summed E-state index contributed by atoms with van der Waals surface area (Å²) in [7, 11) is 0. The molecule has 4 nitrogen and oxygen atoms in total. The number of H-pyrrole nitrogens is 1. The van der Waals surface area contributed by atoms with Crippen molar-refractivity contribution in [3.63, 3.8) is 0 Å². The Hall–Kier alpha value is -1.62. The summed E-state index contributed by atoms with van der Waals surface area (Å²) in [4.78, 5) is 14.4. The monoisotopic (exact) mass is 236 g/mol. The Labute approximate surface area is 97.0 Å². The number of ether oxygens (including phenoxy) is 1. The summed E-state index contributed by atoms with van der Waals surface area (Å²) >= 11 is 0. The van der Waals surface area contributed by atoms with Gasteiger partial charge in [-0.15, -0.1) is 0 Å². The molecule has 90 valence electrons. The normalized spacial score (nSPS) is 20.9. The molecule has 5 heteroatoms. The van der Waals surface area contributed by atoms with Gasteiger partial charge in [-0.05, 0) is 25.0 Å². The van der Waals surface area contributed by atoms with Crippen molar-refractivity contribution in [2.75, 3.05) is 13.2 Å². The Kier molecular flexibility index (Phi) is 2.48. The molecule has 0 radical (unpaired) electrons. The number of benzene rings is 1.